The summed E-state index contributed by atoms with van der Waals surface area (Å²) in [6.45, 7) is 16.5. The highest BCUT2D eigenvalue weighted by atomic mass is 16.1. The van der Waals surface area contributed by atoms with Crippen molar-refractivity contribution in [2.24, 2.45) is 0 Å². The average Bonchev–Trinajstić information content (AvgIpc) is 2.84. The molecule has 10 nitrogen and oxygen atoms in total. The van der Waals surface area contributed by atoms with Gasteiger partial charge in [0.05, 0.1) is 0 Å². The van der Waals surface area contributed by atoms with Gasteiger partial charge in [0.1, 0.15) is 23.1 Å². The van der Waals surface area contributed by atoms with Gasteiger partial charge in [0.25, 0.3) is 0 Å². The van der Waals surface area contributed by atoms with E-state index in [1.165, 1.54) is 0 Å². The summed E-state index contributed by atoms with van der Waals surface area (Å²) in [5, 5.41) is 13.4. The molecule has 0 heterocycles. The van der Waals surface area contributed by atoms with Crippen LogP contribution in [0, 0.1) is 0 Å². The van der Waals surface area contributed by atoms with E-state index in [1.54, 1.807) is 27.7 Å². The van der Waals surface area contributed by atoms with Crippen molar-refractivity contribution >= 4 is 23.1 Å². The molecule has 0 radical (unpaired) electrons. The standard InChI is InChI=1S/C28H56N6O4/c1-25(35)9-15-29-13-7-21-33(22-8-14-30-16-10-26(2)36)19-5-6-20-34(23-31-17-11-27(3)37)24-32-18-12-28(4)38/h29-32H,5-24H2,1-4H3. The molecule has 0 rings (SSSR count). The number of hydrogen-bond acceptors (Lipinski definition) is 10. The molecule has 0 aliphatic heterocycles. The zero-order valence-corrected chi connectivity index (χ0v) is 24.7. The third-order valence-electron chi connectivity index (χ3n) is 6.14. The molecule has 0 saturated heterocycles. The molecule has 0 unspecified atom stereocenters. The van der Waals surface area contributed by atoms with Gasteiger partial charge in [-0.25, -0.2) is 0 Å². The van der Waals surface area contributed by atoms with E-state index in [0.29, 0.717) is 52.1 Å². The summed E-state index contributed by atoms with van der Waals surface area (Å²) < 4.78 is 0. The summed E-state index contributed by atoms with van der Waals surface area (Å²) in [4.78, 5) is 49.4. The van der Waals surface area contributed by atoms with Crippen LogP contribution >= 0.6 is 0 Å². The highest BCUT2D eigenvalue weighted by molar-refractivity contribution is 5.76. The van der Waals surface area contributed by atoms with Gasteiger partial charge in [0.15, 0.2) is 0 Å². The van der Waals surface area contributed by atoms with Crippen LogP contribution in [0.1, 0.15) is 79.1 Å². The van der Waals surface area contributed by atoms with Gasteiger partial charge in [0, 0.05) is 71.7 Å². The Kier molecular flexibility index (Phi) is 24.6. The number of carbonyl (C=O) groups excluding carboxylic acids is 4. The molecule has 4 N–H and O–H groups in total. The minimum atomic E-state index is 0.187. The summed E-state index contributed by atoms with van der Waals surface area (Å²) in [5.74, 6) is 0.806. The van der Waals surface area contributed by atoms with Crippen LogP contribution in [-0.4, -0.2) is 112 Å². The molecule has 0 aliphatic rings. The van der Waals surface area contributed by atoms with E-state index in [4.69, 9.17) is 0 Å². The van der Waals surface area contributed by atoms with E-state index >= 15 is 0 Å². The molecule has 0 aromatic carbocycles. The SMILES string of the molecule is CC(=O)CCNCCCN(CCCCN(CNCCC(C)=O)CNCCC(C)=O)CCCNCCC(C)=O. The molecule has 0 fully saturated rings. The number of ketones is 4. The summed E-state index contributed by atoms with van der Waals surface area (Å²) in [7, 11) is 0. The lowest BCUT2D eigenvalue weighted by Gasteiger charge is -2.25. The van der Waals surface area contributed by atoms with E-state index in [0.717, 1.165) is 78.0 Å². The Hall–Kier alpha value is -1.56. The first-order valence-corrected chi connectivity index (χ1v) is 14.5. The Morgan fingerprint density at radius 3 is 1.11 bits per heavy atom. The molecule has 0 aromatic heterocycles. The number of Topliss-reactive ketones (excluding diaryl/α,β-unsaturated/α-hetero) is 4. The van der Waals surface area contributed by atoms with Crippen molar-refractivity contribution < 1.29 is 19.2 Å². The van der Waals surface area contributed by atoms with Crippen LogP contribution in [0.5, 0.6) is 0 Å². The van der Waals surface area contributed by atoms with Crippen LogP contribution in [0.3, 0.4) is 0 Å². The maximum absolute atomic E-state index is 11.2. The normalized spacial score (nSPS) is 11.4. The predicted octanol–water partition coefficient (Wildman–Crippen LogP) is 1.34. The fourth-order valence-corrected chi connectivity index (χ4v) is 3.86. The van der Waals surface area contributed by atoms with E-state index in [2.05, 4.69) is 31.1 Å². The van der Waals surface area contributed by atoms with E-state index in [-0.39, 0.29) is 23.1 Å². The summed E-state index contributed by atoms with van der Waals surface area (Å²) in [6, 6.07) is 0. The van der Waals surface area contributed by atoms with Gasteiger partial charge in [-0.2, -0.15) is 0 Å². The Labute approximate surface area is 231 Å². The van der Waals surface area contributed by atoms with E-state index in [9.17, 15) is 19.2 Å². The molecule has 0 aliphatic carbocycles. The maximum Gasteiger partial charge on any atom is 0.131 e. The zero-order chi connectivity index (χ0) is 28.4. The lowest BCUT2D eigenvalue weighted by atomic mass is 10.2. The van der Waals surface area contributed by atoms with Crippen molar-refractivity contribution in [2.45, 2.75) is 79.1 Å². The first-order valence-electron chi connectivity index (χ1n) is 14.5. The smallest absolute Gasteiger partial charge is 0.131 e. The summed E-state index contributed by atoms with van der Waals surface area (Å²) in [6.07, 6.45) is 6.48. The number of hydrogen-bond donors (Lipinski definition) is 4. The third-order valence-corrected chi connectivity index (χ3v) is 6.14. The monoisotopic (exact) mass is 540 g/mol. The minimum absolute atomic E-state index is 0.187. The number of rotatable bonds is 29. The van der Waals surface area contributed by atoms with Crippen LogP contribution in [0.15, 0.2) is 0 Å². The van der Waals surface area contributed by atoms with Gasteiger partial charge in [-0.05, 0) is 86.1 Å². The zero-order valence-electron chi connectivity index (χ0n) is 24.7. The molecule has 0 aromatic rings. The second-order valence-electron chi connectivity index (χ2n) is 10.3. The Bertz CT molecular complexity index is 599. The van der Waals surface area contributed by atoms with Crippen LogP contribution in [0.25, 0.3) is 0 Å². The fourth-order valence-electron chi connectivity index (χ4n) is 3.86. The first-order chi connectivity index (χ1) is 18.2. The molecular weight excluding hydrogens is 484 g/mol. The molecule has 10 heteroatoms. The fraction of sp³-hybridized carbons (Fsp3) is 0.857. The summed E-state index contributed by atoms with van der Waals surface area (Å²) >= 11 is 0. The third kappa shape index (κ3) is 27.5. The van der Waals surface area contributed by atoms with Gasteiger partial charge in [-0.3, -0.25) is 24.1 Å². The van der Waals surface area contributed by atoms with Crippen molar-refractivity contribution in [3.8, 4) is 0 Å². The van der Waals surface area contributed by atoms with Gasteiger partial charge in [-0.1, -0.05) is 0 Å². The van der Waals surface area contributed by atoms with Crippen LogP contribution < -0.4 is 21.3 Å². The molecule has 222 valence electrons. The number of carbonyl (C=O) groups is 4. The van der Waals surface area contributed by atoms with Crippen LogP contribution in [0.4, 0.5) is 0 Å². The molecule has 0 atom stereocenters. The molecule has 0 amide bonds. The highest BCUT2D eigenvalue weighted by Crippen LogP contribution is 2.01. The lowest BCUT2D eigenvalue weighted by Crippen LogP contribution is -2.42. The van der Waals surface area contributed by atoms with Crippen molar-refractivity contribution in [1.82, 2.24) is 31.1 Å². The van der Waals surface area contributed by atoms with Gasteiger partial charge < -0.3 is 26.2 Å². The molecule has 38 heavy (non-hydrogen) atoms. The Balaban J connectivity index is 4.47. The number of nitrogens with one attached hydrogen (secondary N) is 4. The topological polar surface area (TPSA) is 123 Å². The second kappa shape index (κ2) is 25.7. The Morgan fingerprint density at radius 1 is 0.421 bits per heavy atom. The van der Waals surface area contributed by atoms with Gasteiger partial charge in [-0.15, -0.1) is 0 Å². The summed E-state index contributed by atoms with van der Waals surface area (Å²) in [5.41, 5.74) is 0. The molecular formula is C28H56N6O4. The predicted molar refractivity (Wildman–Crippen MR) is 154 cm³/mol. The first kappa shape index (κ1) is 36.4. The molecule has 0 saturated carbocycles. The number of nitrogens with zero attached hydrogens (tertiary/aromatic N) is 2. The maximum atomic E-state index is 11.2. The Morgan fingerprint density at radius 2 is 0.737 bits per heavy atom. The van der Waals surface area contributed by atoms with Crippen molar-refractivity contribution in [1.29, 1.82) is 0 Å². The largest absolute Gasteiger partial charge is 0.316 e. The average molecular weight is 541 g/mol. The minimum Gasteiger partial charge on any atom is -0.316 e. The van der Waals surface area contributed by atoms with Gasteiger partial charge in [0.2, 0.25) is 0 Å². The second-order valence-corrected chi connectivity index (χ2v) is 10.3. The quantitative estimate of drug-likeness (QED) is 0.0816. The highest BCUT2D eigenvalue weighted by Gasteiger charge is 2.08. The molecule has 0 spiro atoms. The van der Waals surface area contributed by atoms with Crippen LogP contribution in [-0.2, 0) is 19.2 Å². The lowest BCUT2D eigenvalue weighted by molar-refractivity contribution is -0.117. The van der Waals surface area contributed by atoms with E-state index < -0.39 is 0 Å². The van der Waals surface area contributed by atoms with E-state index in [1.807, 2.05) is 0 Å². The van der Waals surface area contributed by atoms with Crippen molar-refractivity contribution in [2.75, 3.05) is 78.8 Å². The number of unbranched alkanes of at least 4 members (excludes halogenated alkanes) is 1. The van der Waals surface area contributed by atoms with Crippen LogP contribution in [0.2, 0.25) is 0 Å². The van der Waals surface area contributed by atoms with Crippen molar-refractivity contribution in [3.05, 3.63) is 0 Å². The van der Waals surface area contributed by atoms with Gasteiger partial charge >= 0.3 is 0 Å². The van der Waals surface area contributed by atoms with Crippen molar-refractivity contribution in [3.63, 3.8) is 0 Å². The molecule has 0 bridgehead atoms.